The average Bonchev–Trinajstić information content (AvgIpc) is 3.14. The number of aromatic nitrogens is 5. The maximum atomic E-state index is 10.7. The Balaban J connectivity index is 1.74. The van der Waals surface area contributed by atoms with Crippen LogP contribution in [-0.2, 0) is 0 Å². The van der Waals surface area contributed by atoms with Crippen LogP contribution < -0.4 is 5.32 Å². The number of aromatic amines is 1. The lowest BCUT2D eigenvalue weighted by Gasteiger charge is -2.10. The summed E-state index contributed by atoms with van der Waals surface area (Å²) in [7, 11) is 0. The van der Waals surface area contributed by atoms with E-state index >= 15 is 0 Å². The van der Waals surface area contributed by atoms with E-state index in [4.69, 9.17) is 5.11 Å². The lowest BCUT2D eigenvalue weighted by Crippen LogP contribution is -2.31. The molecular weight excluding hydrogens is 272 g/mol. The molecule has 0 saturated heterocycles. The lowest BCUT2D eigenvalue weighted by atomic mass is 10.1. The minimum atomic E-state index is -0.969. The first-order valence-corrected chi connectivity index (χ1v) is 6.89. The number of nitrogens with one attached hydrogen (secondary N) is 2. The highest BCUT2D eigenvalue weighted by molar-refractivity contribution is 5.74. The normalized spacial score (nSPS) is 22.1. The topological polar surface area (TPSA) is 108 Å². The quantitative estimate of drug-likeness (QED) is 0.661. The number of hydrogen-bond acceptors (Lipinski definition) is 4. The molecule has 8 heteroatoms. The number of carboxylic acid groups (broad SMARTS) is 1. The molecule has 1 saturated carbocycles. The standard InChI is InChI=1S/C13H14N6O2/c20-13(21)16-8-2-1-7(5-8)12-18-17-10-6-15-11-9(19(10)12)3-4-14-11/h3-4,6-8,14,16H,1-2,5H2,(H,20,21)/t7-,8+/m1/s1. The van der Waals surface area contributed by atoms with Gasteiger partial charge >= 0.3 is 6.09 Å². The van der Waals surface area contributed by atoms with Crippen LogP contribution in [0.15, 0.2) is 18.5 Å². The van der Waals surface area contributed by atoms with Crippen LogP contribution >= 0.6 is 0 Å². The zero-order valence-corrected chi connectivity index (χ0v) is 11.2. The number of amides is 1. The molecule has 2 atom stereocenters. The van der Waals surface area contributed by atoms with E-state index in [0.717, 1.165) is 36.3 Å². The Morgan fingerprint density at radius 1 is 1.43 bits per heavy atom. The van der Waals surface area contributed by atoms with Gasteiger partial charge in [-0.05, 0) is 25.3 Å². The predicted octanol–water partition coefficient (Wildman–Crippen LogP) is 1.51. The van der Waals surface area contributed by atoms with E-state index in [1.54, 1.807) is 6.20 Å². The van der Waals surface area contributed by atoms with Crippen molar-refractivity contribution < 1.29 is 9.90 Å². The molecular formula is C13H14N6O2. The maximum absolute atomic E-state index is 10.7. The first kappa shape index (κ1) is 12.1. The van der Waals surface area contributed by atoms with Crippen molar-refractivity contribution in [3.05, 3.63) is 24.3 Å². The van der Waals surface area contributed by atoms with Gasteiger partial charge in [0.25, 0.3) is 0 Å². The van der Waals surface area contributed by atoms with Gasteiger partial charge in [-0.3, -0.25) is 4.40 Å². The number of H-pyrrole nitrogens is 1. The van der Waals surface area contributed by atoms with Crippen LogP contribution in [0.25, 0.3) is 16.8 Å². The molecule has 8 nitrogen and oxygen atoms in total. The Kier molecular flexibility index (Phi) is 2.56. The van der Waals surface area contributed by atoms with Crippen molar-refractivity contribution in [2.75, 3.05) is 0 Å². The maximum Gasteiger partial charge on any atom is 0.404 e. The van der Waals surface area contributed by atoms with Crippen LogP contribution in [0.3, 0.4) is 0 Å². The third-order valence-corrected chi connectivity index (χ3v) is 4.09. The van der Waals surface area contributed by atoms with Gasteiger partial charge in [-0.1, -0.05) is 0 Å². The summed E-state index contributed by atoms with van der Waals surface area (Å²) in [6.45, 7) is 0. The molecule has 3 N–H and O–H groups in total. The van der Waals surface area contributed by atoms with Gasteiger partial charge in [0.05, 0.1) is 11.7 Å². The van der Waals surface area contributed by atoms with E-state index in [2.05, 4.69) is 25.5 Å². The molecule has 0 radical (unpaired) electrons. The summed E-state index contributed by atoms with van der Waals surface area (Å²) in [6.07, 6.45) is 5.04. The summed E-state index contributed by atoms with van der Waals surface area (Å²) in [5.41, 5.74) is 2.45. The summed E-state index contributed by atoms with van der Waals surface area (Å²) in [4.78, 5) is 18.1. The zero-order valence-electron chi connectivity index (χ0n) is 11.2. The van der Waals surface area contributed by atoms with Crippen LogP contribution in [-0.4, -0.2) is 41.8 Å². The number of nitrogens with zero attached hydrogens (tertiary/aromatic N) is 4. The third kappa shape index (κ3) is 1.91. The average molecular weight is 286 g/mol. The van der Waals surface area contributed by atoms with Crippen molar-refractivity contribution in [1.29, 1.82) is 0 Å². The Morgan fingerprint density at radius 2 is 2.33 bits per heavy atom. The van der Waals surface area contributed by atoms with Crippen LogP contribution in [0, 0.1) is 0 Å². The van der Waals surface area contributed by atoms with Gasteiger partial charge in [0.2, 0.25) is 0 Å². The third-order valence-electron chi connectivity index (χ3n) is 4.09. The SMILES string of the molecule is O=C(O)N[C@H]1CC[C@@H](c2nnc3cnc4[nH]ccc4n23)C1. The smallest absolute Gasteiger partial charge is 0.404 e. The number of carbonyl (C=O) groups is 1. The van der Waals surface area contributed by atoms with Crippen molar-refractivity contribution >= 4 is 22.9 Å². The summed E-state index contributed by atoms with van der Waals surface area (Å²) >= 11 is 0. The first-order valence-electron chi connectivity index (χ1n) is 6.89. The Labute approximate surface area is 119 Å². The Morgan fingerprint density at radius 3 is 3.19 bits per heavy atom. The van der Waals surface area contributed by atoms with Crippen molar-refractivity contribution in [3.8, 4) is 0 Å². The molecule has 0 aromatic carbocycles. The lowest BCUT2D eigenvalue weighted by molar-refractivity contribution is 0.190. The van der Waals surface area contributed by atoms with Crippen LogP contribution in [0.1, 0.15) is 31.0 Å². The fourth-order valence-electron chi connectivity index (χ4n) is 3.18. The minimum Gasteiger partial charge on any atom is -0.465 e. The van der Waals surface area contributed by atoms with Crippen molar-refractivity contribution in [1.82, 2.24) is 29.9 Å². The van der Waals surface area contributed by atoms with Gasteiger partial charge in [0.1, 0.15) is 5.82 Å². The van der Waals surface area contributed by atoms with Crippen molar-refractivity contribution in [3.63, 3.8) is 0 Å². The fourth-order valence-corrected chi connectivity index (χ4v) is 3.18. The molecule has 3 heterocycles. The highest BCUT2D eigenvalue weighted by Gasteiger charge is 2.30. The molecule has 3 aromatic heterocycles. The van der Waals surface area contributed by atoms with E-state index in [0.29, 0.717) is 5.65 Å². The van der Waals surface area contributed by atoms with Gasteiger partial charge < -0.3 is 15.4 Å². The molecule has 108 valence electrons. The summed E-state index contributed by atoms with van der Waals surface area (Å²) in [5.74, 6) is 1.09. The van der Waals surface area contributed by atoms with Crippen LogP contribution in [0.2, 0.25) is 0 Å². The molecule has 0 bridgehead atoms. The Bertz CT molecular complexity index is 822. The molecule has 0 aliphatic heterocycles. The van der Waals surface area contributed by atoms with Gasteiger partial charge in [0.15, 0.2) is 11.3 Å². The van der Waals surface area contributed by atoms with Gasteiger partial charge in [-0.2, -0.15) is 0 Å². The van der Waals surface area contributed by atoms with E-state index in [9.17, 15) is 4.79 Å². The highest BCUT2D eigenvalue weighted by Crippen LogP contribution is 2.34. The second-order valence-electron chi connectivity index (χ2n) is 5.38. The van der Waals surface area contributed by atoms with Crippen LogP contribution in [0.5, 0.6) is 0 Å². The van der Waals surface area contributed by atoms with E-state index in [1.165, 1.54) is 0 Å². The van der Waals surface area contributed by atoms with E-state index in [-0.39, 0.29) is 12.0 Å². The Hall–Kier alpha value is -2.64. The number of rotatable bonds is 2. The zero-order chi connectivity index (χ0) is 14.4. The molecule has 3 aromatic rings. The van der Waals surface area contributed by atoms with Gasteiger partial charge in [-0.25, -0.2) is 9.78 Å². The molecule has 21 heavy (non-hydrogen) atoms. The van der Waals surface area contributed by atoms with E-state index < -0.39 is 6.09 Å². The number of hydrogen-bond donors (Lipinski definition) is 3. The first-order chi connectivity index (χ1) is 10.2. The summed E-state index contributed by atoms with van der Waals surface area (Å²) in [6, 6.07) is 1.94. The molecule has 1 aliphatic rings. The second-order valence-corrected chi connectivity index (χ2v) is 5.38. The summed E-state index contributed by atoms with van der Waals surface area (Å²) in [5, 5.41) is 19.9. The second kappa shape index (κ2) is 4.44. The largest absolute Gasteiger partial charge is 0.465 e. The highest BCUT2D eigenvalue weighted by atomic mass is 16.4. The van der Waals surface area contributed by atoms with E-state index in [1.807, 2.05) is 16.7 Å². The predicted molar refractivity (Wildman–Crippen MR) is 74.2 cm³/mol. The molecule has 0 unspecified atom stereocenters. The van der Waals surface area contributed by atoms with Gasteiger partial charge in [-0.15, -0.1) is 10.2 Å². The monoisotopic (exact) mass is 286 g/mol. The fraction of sp³-hybridized carbons (Fsp3) is 0.385. The van der Waals surface area contributed by atoms with Crippen molar-refractivity contribution in [2.24, 2.45) is 0 Å². The van der Waals surface area contributed by atoms with Gasteiger partial charge in [0, 0.05) is 18.2 Å². The van der Waals surface area contributed by atoms with Crippen molar-refractivity contribution in [2.45, 2.75) is 31.2 Å². The molecule has 0 spiro atoms. The minimum absolute atomic E-state index is 0.0107. The van der Waals surface area contributed by atoms with Crippen LogP contribution in [0.4, 0.5) is 4.79 Å². The molecule has 4 rings (SSSR count). The molecule has 1 fully saturated rings. The molecule has 1 aliphatic carbocycles. The molecule has 1 amide bonds. The number of fused-ring (bicyclic) bond motifs is 3. The summed E-state index contributed by atoms with van der Waals surface area (Å²) < 4.78 is 2.01.